The van der Waals surface area contributed by atoms with E-state index in [1.165, 1.54) is 50.1 Å². The summed E-state index contributed by atoms with van der Waals surface area (Å²) in [6.45, 7) is 1.60. The molecule has 3 aromatic carbocycles. The number of likely N-dealkylation sites (N-methyl/N-ethyl adjacent to an activating group) is 1. The van der Waals surface area contributed by atoms with Crippen molar-refractivity contribution in [1.29, 1.82) is 0 Å². The van der Waals surface area contributed by atoms with Crippen LogP contribution in [0.3, 0.4) is 0 Å². The molecule has 24 heteroatoms. The monoisotopic (exact) mass is 989 g/mol. The number of carbonyl (C=O) groups is 5. The molecule has 6 rings (SSSR count). The Labute approximate surface area is 403 Å². The van der Waals surface area contributed by atoms with Crippen LogP contribution in [0, 0.1) is 6.92 Å². The van der Waals surface area contributed by atoms with Gasteiger partial charge in [-0.1, -0.05) is 36.8 Å². The summed E-state index contributed by atoms with van der Waals surface area (Å²) in [5.41, 5.74) is 19.8. The van der Waals surface area contributed by atoms with Gasteiger partial charge in [0.05, 0.1) is 12.3 Å². The summed E-state index contributed by atoms with van der Waals surface area (Å²) in [6, 6.07) is 8.22. The Hall–Kier alpha value is -6.96. The molecule has 1 aliphatic carbocycles. The Morgan fingerprint density at radius 3 is 2.29 bits per heavy atom. The van der Waals surface area contributed by atoms with Crippen molar-refractivity contribution in [3.63, 3.8) is 0 Å². The number of hydrogen-bond acceptors (Lipinski definition) is 16. The number of hydrogen-bond donors (Lipinski definition) is 11. The predicted molar refractivity (Wildman–Crippen MR) is 255 cm³/mol. The lowest BCUT2D eigenvalue weighted by Crippen LogP contribution is -2.57. The minimum atomic E-state index is -4.52. The number of amides is 4. The molecule has 4 aromatic rings. The number of nitrogen functional groups attached to an aromatic ring is 1. The molecule has 0 unspecified atom stereocenters. The van der Waals surface area contributed by atoms with Crippen molar-refractivity contribution in [1.82, 2.24) is 35.5 Å². The van der Waals surface area contributed by atoms with Gasteiger partial charge in [0.1, 0.15) is 54.0 Å². The number of nitrogens with one attached hydrogen (secondary N) is 4. The van der Waals surface area contributed by atoms with Crippen molar-refractivity contribution < 1.29 is 57.2 Å². The first-order valence-electron chi connectivity index (χ1n) is 22.5. The van der Waals surface area contributed by atoms with Gasteiger partial charge in [-0.2, -0.15) is 13.1 Å². The minimum absolute atomic E-state index is 0.0524. The van der Waals surface area contributed by atoms with Gasteiger partial charge in [0, 0.05) is 43.2 Å². The number of carbonyl (C=O) groups excluding carboxylic acids is 4. The fourth-order valence-corrected chi connectivity index (χ4v) is 8.36. The van der Waals surface area contributed by atoms with Gasteiger partial charge in [-0.05, 0) is 86.5 Å². The Bertz CT molecular complexity index is 2700. The van der Waals surface area contributed by atoms with Crippen molar-refractivity contribution in [2.24, 2.45) is 16.6 Å². The van der Waals surface area contributed by atoms with Gasteiger partial charge in [-0.15, -0.1) is 0 Å². The molecule has 70 heavy (non-hydrogen) atoms. The third-order valence-electron chi connectivity index (χ3n) is 12.0. The molecule has 15 N–H and O–H groups in total. The number of carboxylic acid groups (broad SMARTS) is 1. The Morgan fingerprint density at radius 1 is 0.957 bits per heavy atom. The molecule has 5 atom stereocenters. The molecule has 4 bridgehead atoms. The second-order valence-corrected chi connectivity index (χ2v) is 18.6. The zero-order valence-electron chi connectivity index (χ0n) is 38.8. The highest BCUT2D eigenvalue weighted by Crippen LogP contribution is 2.45. The Balaban J connectivity index is 1.45. The van der Waals surface area contributed by atoms with Crippen LogP contribution in [0.2, 0.25) is 0 Å². The molecule has 1 aromatic heterocycles. The molecule has 23 nitrogen and oxygen atoms in total. The van der Waals surface area contributed by atoms with Crippen molar-refractivity contribution in [3.05, 3.63) is 82.5 Å². The summed E-state index contributed by atoms with van der Waals surface area (Å²) in [5.74, 6) is -5.67. The summed E-state index contributed by atoms with van der Waals surface area (Å²) >= 11 is 0. The summed E-state index contributed by atoms with van der Waals surface area (Å²) in [6.07, 6.45) is 2.32. The van der Waals surface area contributed by atoms with E-state index in [1.807, 2.05) is 29.0 Å². The fourth-order valence-electron chi connectivity index (χ4n) is 7.96. The number of anilines is 1. The normalized spacial score (nSPS) is 18.2. The number of nitrogens with zero attached hydrogens (tertiary/aromatic N) is 3. The molecule has 2 aliphatic rings. The number of aryl methyl sites for hydroxylation is 1. The zero-order valence-corrected chi connectivity index (χ0v) is 39.6. The minimum Gasteiger partial charge on any atom is -0.504 e. The van der Waals surface area contributed by atoms with Crippen molar-refractivity contribution in [3.8, 4) is 39.8 Å². The molecular weight excluding hydrogens is 931 g/mol. The first kappa shape index (κ1) is 52.4. The zero-order chi connectivity index (χ0) is 51.0. The maximum absolute atomic E-state index is 14.9. The van der Waals surface area contributed by atoms with Gasteiger partial charge in [0.25, 0.3) is 16.1 Å². The van der Waals surface area contributed by atoms with E-state index in [2.05, 4.69) is 25.9 Å². The molecular formula is C46H59N11O12S. The number of nitrogens with two attached hydrogens (primary N) is 4. The molecule has 376 valence electrons. The fraction of sp³-hybridized carbons (Fsp3) is 0.413. The van der Waals surface area contributed by atoms with Crippen molar-refractivity contribution >= 4 is 45.6 Å². The van der Waals surface area contributed by atoms with E-state index in [0.29, 0.717) is 23.5 Å². The van der Waals surface area contributed by atoms with Gasteiger partial charge >= 0.3 is 5.97 Å². The van der Waals surface area contributed by atoms with E-state index in [0.717, 1.165) is 24.8 Å². The SMILES string of the molecule is Cc1nc(-c2ccc(C3CCC3)cc2)nc(N)c1C(=O)N[C@@H](CNS(N)(=O)=O)C(=O)N(C)[C@@H]1C(=O)N[C@@H](C)C(=O)N[C@H](C(=O)O)Cc2ccc(OCCCN)c(c2)-c2cc1cc(OC[C@H](O)CN)c2O. The lowest BCUT2D eigenvalue weighted by Gasteiger charge is -2.33. The smallest absolute Gasteiger partial charge is 0.326 e. The number of ether oxygens (including phenoxy) is 2. The summed E-state index contributed by atoms with van der Waals surface area (Å²) in [7, 11) is -3.37. The second-order valence-electron chi connectivity index (χ2n) is 17.2. The molecule has 0 saturated heterocycles. The molecule has 1 aliphatic heterocycles. The molecule has 0 spiro atoms. The van der Waals surface area contributed by atoms with E-state index >= 15 is 0 Å². The number of aromatic hydroxyl groups is 1. The second kappa shape index (κ2) is 22.6. The quantitative estimate of drug-likeness (QED) is 0.0576. The highest BCUT2D eigenvalue weighted by Gasteiger charge is 2.38. The largest absolute Gasteiger partial charge is 0.504 e. The number of fused-ring (bicyclic) bond motifs is 5. The van der Waals surface area contributed by atoms with Crippen molar-refractivity contribution in [2.75, 3.05) is 45.6 Å². The third-order valence-corrected chi connectivity index (χ3v) is 12.6. The molecule has 4 amide bonds. The Morgan fingerprint density at radius 2 is 1.67 bits per heavy atom. The first-order valence-corrected chi connectivity index (χ1v) is 24.0. The van der Waals surface area contributed by atoms with Crippen LogP contribution in [0.1, 0.15) is 77.3 Å². The number of aromatic nitrogens is 2. The maximum atomic E-state index is 14.9. The highest BCUT2D eigenvalue weighted by molar-refractivity contribution is 7.87. The van der Waals surface area contributed by atoms with Crippen LogP contribution in [0.25, 0.3) is 22.5 Å². The van der Waals surface area contributed by atoms with E-state index < -0.39 is 89.0 Å². The molecule has 2 heterocycles. The van der Waals surface area contributed by atoms with Crippen molar-refractivity contribution in [2.45, 2.75) is 82.1 Å². The van der Waals surface area contributed by atoms with E-state index in [4.69, 9.17) is 31.8 Å². The van der Waals surface area contributed by atoms with Gasteiger partial charge in [-0.25, -0.2) is 19.9 Å². The third kappa shape index (κ3) is 12.6. The molecule has 1 fully saturated rings. The highest BCUT2D eigenvalue weighted by atomic mass is 32.2. The van der Waals surface area contributed by atoms with E-state index in [9.17, 15) is 47.7 Å². The maximum Gasteiger partial charge on any atom is 0.326 e. The number of phenols is 1. The van der Waals surface area contributed by atoms with E-state index in [-0.39, 0.29) is 77.2 Å². The van der Waals surface area contributed by atoms with Gasteiger partial charge in [0.15, 0.2) is 17.3 Å². The summed E-state index contributed by atoms with van der Waals surface area (Å²) < 4.78 is 38.5. The van der Waals surface area contributed by atoms with Gasteiger partial charge in [0.2, 0.25) is 17.7 Å². The molecule has 0 radical (unpaired) electrons. The van der Waals surface area contributed by atoms with Gasteiger partial charge < -0.3 is 62.8 Å². The van der Waals surface area contributed by atoms with Gasteiger partial charge in [-0.3, -0.25) is 19.2 Å². The predicted octanol–water partition coefficient (Wildman–Crippen LogP) is -0.178. The van der Waals surface area contributed by atoms with Crippen LogP contribution < -0.4 is 52.5 Å². The number of rotatable bonds is 18. The summed E-state index contributed by atoms with van der Waals surface area (Å²) in [4.78, 5) is 79.4. The number of aliphatic hydroxyl groups excluding tert-OH is 1. The molecule has 1 saturated carbocycles. The number of phenolic OH excluding ortho intramolecular Hbond substituents is 1. The van der Waals surface area contributed by atoms with Crippen LogP contribution in [0.15, 0.2) is 54.6 Å². The van der Waals surface area contributed by atoms with E-state index in [1.54, 1.807) is 6.07 Å². The first-order chi connectivity index (χ1) is 33.2. The average Bonchev–Trinajstić information content (AvgIpc) is 3.28. The van der Waals surface area contributed by atoms with Crippen LogP contribution in [-0.4, -0.2) is 132 Å². The topological polar surface area (TPSA) is 380 Å². The van der Waals surface area contributed by atoms with Crippen LogP contribution >= 0.6 is 0 Å². The number of aliphatic carboxylic acids is 1. The number of benzene rings is 3. The lowest BCUT2D eigenvalue weighted by atomic mass is 9.80. The number of aliphatic hydroxyl groups is 1. The van der Waals surface area contributed by atoms with Crippen LogP contribution in [0.5, 0.6) is 17.2 Å². The summed E-state index contributed by atoms with van der Waals surface area (Å²) in [5, 5.41) is 45.1. The average molecular weight is 990 g/mol. The standard InChI is InChI=1S/C46H59N11O12S/c1-23-37(40(49)56-41(52-23)28-11-9-27(10-12-28)26-6-4-7-26)43(61)55-34(21-51-70(50,66)67)45(63)57(3)38-29-18-32(39(59)36(19-29)69-22-30(58)20-48)31-16-25(8-13-35(31)68-15-5-14-47)17-33(46(64)65)54-42(60)24(2)53-44(38)62/h8-13,16,18-19,24,26,30,33-34,38,51,58-59H,4-7,14-15,17,20-22,47-48H2,1-3H3,(H,53,62)(H,54,60)(H,55,61)(H,64,65)(H2,49,52,56)(H2,50,66,67)/t24-,30+,33-,34-,38-/m0/s1. The van der Waals surface area contributed by atoms with Crippen LogP contribution in [0.4, 0.5) is 5.82 Å². The lowest BCUT2D eigenvalue weighted by molar-refractivity contribution is -0.143. The Kier molecular flexibility index (Phi) is 17.0. The van der Waals surface area contributed by atoms with Crippen LogP contribution in [-0.2, 0) is 35.8 Å². The number of carboxylic acids is 1.